The average molecular weight is 493 g/mol. The van der Waals surface area contributed by atoms with E-state index in [0.717, 1.165) is 28.5 Å². The van der Waals surface area contributed by atoms with Gasteiger partial charge in [-0.25, -0.2) is 4.79 Å². The van der Waals surface area contributed by atoms with E-state index in [2.05, 4.69) is 29.2 Å². The van der Waals surface area contributed by atoms with Gasteiger partial charge in [0.2, 0.25) is 0 Å². The molecule has 0 unspecified atom stereocenters. The summed E-state index contributed by atoms with van der Waals surface area (Å²) >= 11 is 0. The Bertz CT molecular complexity index is 1410. The topological polar surface area (TPSA) is 81.1 Å². The third-order valence-electron chi connectivity index (χ3n) is 5.97. The first-order valence-electron chi connectivity index (χ1n) is 11.8. The zero-order chi connectivity index (χ0) is 26.4. The highest BCUT2D eigenvalue weighted by molar-refractivity contribution is 6.06. The second-order valence-electron chi connectivity index (χ2n) is 8.84. The maximum atomic E-state index is 13.5. The van der Waals surface area contributed by atoms with E-state index < -0.39 is 5.97 Å². The Morgan fingerprint density at radius 2 is 1.41 bits per heavy atom. The number of nitrogens with zero attached hydrogens (tertiary/aromatic N) is 2. The summed E-state index contributed by atoms with van der Waals surface area (Å²) in [6.07, 6.45) is 2.56. The molecule has 4 aromatic carbocycles. The van der Waals surface area contributed by atoms with E-state index in [9.17, 15) is 14.7 Å². The average Bonchev–Trinajstić information content (AvgIpc) is 2.91. The second kappa shape index (κ2) is 11.3. The number of phenolic OH excluding ortho intramolecular Hbond substituents is 1. The highest BCUT2D eigenvalue weighted by atomic mass is 16.4. The van der Waals surface area contributed by atoms with Crippen LogP contribution in [0.3, 0.4) is 0 Å². The van der Waals surface area contributed by atoms with Crippen molar-refractivity contribution in [1.82, 2.24) is 0 Å². The molecule has 0 bridgehead atoms. The molecule has 4 aromatic rings. The number of carbonyl (C=O) groups excluding carboxylic acids is 1. The molecule has 0 saturated heterocycles. The van der Waals surface area contributed by atoms with Crippen molar-refractivity contribution < 1.29 is 19.8 Å². The molecule has 186 valence electrons. The molecule has 0 saturated carbocycles. The van der Waals surface area contributed by atoms with E-state index in [-0.39, 0.29) is 11.7 Å². The molecule has 2 N–H and O–H groups in total. The lowest BCUT2D eigenvalue weighted by atomic mass is 10.0. The molecule has 4 rings (SSSR count). The van der Waals surface area contributed by atoms with E-state index in [1.165, 1.54) is 18.2 Å². The minimum Gasteiger partial charge on any atom is -0.508 e. The standard InChI is InChI=1S/C31H28N2O4/c1-32(2)27-15-11-25(12-16-27)24-9-6-23(7-10-24)21-33(31(37)26-13-17-29(34)18-14-26)28-5-3-4-22(20-28)8-19-30(35)36/h3-20,34H,21H2,1-2H3,(H,35,36). The zero-order valence-electron chi connectivity index (χ0n) is 20.7. The van der Waals surface area contributed by atoms with Crippen molar-refractivity contribution in [3.8, 4) is 16.9 Å². The third kappa shape index (κ3) is 6.44. The van der Waals surface area contributed by atoms with Crippen LogP contribution in [0.2, 0.25) is 0 Å². The number of hydrogen-bond acceptors (Lipinski definition) is 4. The fourth-order valence-electron chi connectivity index (χ4n) is 3.94. The van der Waals surface area contributed by atoms with Gasteiger partial charge in [-0.1, -0.05) is 48.5 Å². The van der Waals surface area contributed by atoms with E-state index in [0.29, 0.717) is 23.4 Å². The minimum absolute atomic E-state index is 0.0816. The Kier molecular flexibility index (Phi) is 7.69. The first-order chi connectivity index (χ1) is 17.8. The summed E-state index contributed by atoms with van der Waals surface area (Å²) in [4.78, 5) is 28.2. The van der Waals surface area contributed by atoms with E-state index >= 15 is 0 Å². The molecule has 0 aliphatic rings. The number of anilines is 2. The van der Waals surface area contributed by atoms with Gasteiger partial charge in [-0.05, 0) is 76.9 Å². The summed E-state index contributed by atoms with van der Waals surface area (Å²) in [7, 11) is 4.01. The second-order valence-corrected chi connectivity index (χ2v) is 8.84. The van der Waals surface area contributed by atoms with Crippen LogP contribution in [0.1, 0.15) is 21.5 Å². The van der Waals surface area contributed by atoms with Gasteiger partial charge in [0, 0.05) is 37.1 Å². The smallest absolute Gasteiger partial charge is 0.328 e. The zero-order valence-corrected chi connectivity index (χ0v) is 20.7. The maximum Gasteiger partial charge on any atom is 0.328 e. The van der Waals surface area contributed by atoms with Crippen LogP contribution in [-0.4, -0.2) is 36.2 Å². The highest BCUT2D eigenvalue weighted by Crippen LogP contribution is 2.26. The van der Waals surface area contributed by atoms with Crippen LogP contribution in [0, 0.1) is 0 Å². The van der Waals surface area contributed by atoms with Crippen LogP contribution in [0.15, 0.2) is 103 Å². The minimum atomic E-state index is -1.04. The van der Waals surface area contributed by atoms with Crippen LogP contribution < -0.4 is 9.80 Å². The van der Waals surface area contributed by atoms with Crippen LogP contribution in [-0.2, 0) is 11.3 Å². The Balaban J connectivity index is 1.63. The van der Waals surface area contributed by atoms with Gasteiger partial charge in [0.15, 0.2) is 0 Å². The summed E-state index contributed by atoms with van der Waals surface area (Å²) in [5, 5.41) is 18.6. The van der Waals surface area contributed by atoms with Gasteiger partial charge in [-0.3, -0.25) is 4.79 Å². The predicted molar refractivity (Wildman–Crippen MR) is 148 cm³/mol. The quantitative estimate of drug-likeness (QED) is 0.292. The maximum absolute atomic E-state index is 13.5. The Morgan fingerprint density at radius 3 is 2.00 bits per heavy atom. The summed E-state index contributed by atoms with van der Waals surface area (Å²) in [6.45, 7) is 0.311. The Hall–Kier alpha value is -4.84. The summed E-state index contributed by atoms with van der Waals surface area (Å²) in [5.41, 5.74) is 5.98. The van der Waals surface area contributed by atoms with Gasteiger partial charge in [0.05, 0.1) is 6.54 Å². The number of rotatable bonds is 8. The van der Waals surface area contributed by atoms with Crippen molar-refractivity contribution >= 4 is 29.3 Å². The van der Waals surface area contributed by atoms with Crippen molar-refractivity contribution in [2.24, 2.45) is 0 Å². The monoisotopic (exact) mass is 492 g/mol. The van der Waals surface area contributed by atoms with Crippen molar-refractivity contribution in [1.29, 1.82) is 0 Å². The molecule has 0 spiro atoms. The molecule has 37 heavy (non-hydrogen) atoms. The third-order valence-corrected chi connectivity index (χ3v) is 5.97. The molecular formula is C31H28N2O4. The molecule has 0 heterocycles. The summed E-state index contributed by atoms with van der Waals surface area (Å²) in [5.74, 6) is -1.19. The number of carboxylic acid groups (broad SMARTS) is 1. The highest BCUT2D eigenvalue weighted by Gasteiger charge is 2.19. The summed E-state index contributed by atoms with van der Waals surface area (Å²) < 4.78 is 0. The lowest BCUT2D eigenvalue weighted by Crippen LogP contribution is -2.30. The molecule has 6 nitrogen and oxygen atoms in total. The van der Waals surface area contributed by atoms with Crippen LogP contribution in [0.4, 0.5) is 11.4 Å². The normalized spacial score (nSPS) is 10.9. The molecule has 1 amide bonds. The van der Waals surface area contributed by atoms with Gasteiger partial charge >= 0.3 is 5.97 Å². The first kappa shape index (κ1) is 25.3. The molecule has 0 atom stereocenters. The van der Waals surface area contributed by atoms with Crippen molar-refractivity contribution in [3.05, 3.63) is 120 Å². The largest absolute Gasteiger partial charge is 0.508 e. The van der Waals surface area contributed by atoms with E-state index in [4.69, 9.17) is 5.11 Å². The van der Waals surface area contributed by atoms with Crippen molar-refractivity contribution in [2.45, 2.75) is 6.54 Å². The Morgan fingerprint density at radius 1 is 0.784 bits per heavy atom. The Labute approximate surface area is 216 Å². The lowest BCUT2D eigenvalue weighted by molar-refractivity contribution is -0.131. The molecule has 0 radical (unpaired) electrons. The molecule has 0 aliphatic heterocycles. The first-order valence-corrected chi connectivity index (χ1v) is 11.8. The van der Waals surface area contributed by atoms with Gasteiger partial charge in [0.25, 0.3) is 5.91 Å². The van der Waals surface area contributed by atoms with Gasteiger partial charge < -0.3 is 20.0 Å². The number of phenols is 1. The molecule has 0 aromatic heterocycles. The number of amides is 1. The number of carbonyl (C=O) groups is 2. The van der Waals surface area contributed by atoms with Crippen molar-refractivity contribution in [2.75, 3.05) is 23.9 Å². The number of hydrogen-bond donors (Lipinski definition) is 2. The lowest BCUT2D eigenvalue weighted by Gasteiger charge is -2.24. The predicted octanol–water partition coefficient (Wildman–Crippen LogP) is 6.07. The van der Waals surface area contributed by atoms with Crippen LogP contribution in [0.25, 0.3) is 17.2 Å². The van der Waals surface area contributed by atoms with Crippen LogP contribution in [0.5, 0.6) is 5.75 Å². The fourth-order valence-corrected chi connectivity index (χ4v) is 3.94. The van der Waals surface area contributed by atoms with E-state index in [1.807, 2.05) is 44.4 Å². The molecule has 6 heteroatoms. The number of benzene rings is 4. The number of aromatic hydroxyl groups is 1. The molecular weight excluding hydrogens is 464 g/mol. The van der Waals surface area contributed by atoms with E-state index in [1.54, 1.807) is 35.2 Å². The van der Waals surface area contributed by atoms with Gasteiger partial charge in [-0.15, -0.1) is 0 Å². The molecule has 0 aliphatic carbocycles. The van der Waals surface area contributed by atoms with Gasteiger partial charge in [-0.2, -0.15) is 0 Å². The van der Waals surface area contributed by atoms with Gasteiger partial charge in [0.1, 0.15) is 5.75 Å². The number of carboxylic acids is 1. The fraction of sp³-hybridized carbons (Fsp3) is 0.0968. The molecule has 0 fully saturated rings. The summed E-state index contributed by atoms with van der Waals surface area (Å²) in [6, 6.07) is 29.7. The SMILES string of the molecule is CN(C)c1ccc(-c2ccc(CN(C(=O)c3ccc(O)cc3)c3cccc(C=CC(=O)O)c3)cc2)cc1. The van der Waals surface area contributed by atoms with Crippen LogP contribution >= 0.6 is 0 Å². The number of aliphatic carboxylic acids is 1. The van der Waals surface area contributed by atoms with Crippen molar-refractivity contribution in [3.63, 3.8) is 0 Å².